The Balaban J connectivity index is 1.80. The molecule has 0 aromatic heterocycles. The monoisotopic (exact) mass is 695 g/mol. The van der Waals surface area contributed by atoms with E-state index in [9.17, 15) is 18.0 Å². The molecular formula is C36H39Cl2N3O5S. The van der Waals surface area contributed by atoms with Gasteiger partial charge >= 0.3 is 0 Å². The van der Waals surface area contributed by atoms with E-state index in [0.29, 0.717) is 27.9 Å². The van der Waals surface area contributed by atoms with Crippen LogP contribution >= 0.6 is 23.2 Å². The highest BCUT2D eigenvalue weighted by Gasteiger charge is 2.34. The minimum absolute atomic E-state index is 0.0184. The van der Waals surface area contributed by atoms with Gasteiger partial charge in [-0.05, 0) is 73.0 Å². The average Bonchev–Trinajstić information content (AvgIpc) is 3.07. The topological polar surface area (TPSA) is 96.0 Å². The van der Waals surface area contributed by atoms with Crippen LogP contribution in [0.1, 0.15) is 36.5 Å². The molecule has 1 atom stereocenters. The molecule has 4 aromatic rings. The second-order valence-corrected chi connectivity index (χ2v) is 13.8. The van der Waals surface area contributed by atoms with Crippen molar-refractivity contribution in [3.8, 4) is 5.75 Å². The molecule has 0 saturated carbocycles. The van der Waals surface area contributed by atoms with E-state index in [1.807, 2.05) is 44.2 Å². The van der Waals surface area contributed by atoms with Gasteiger partial charge in [0.15, 0.2) is 0 Å². The summed E-state index contributed by atoms with van der Waals surface area (Å²) in [6.07, 6.45) is 1.85. The summed E-state index contributed by atoms with van der Waals surface area (Å²) in [6.45, 7) is 3.73. The number of amides is 2. The number of carbonyl (C=O) groups is 2. The predicted octanol–water partition coefficient (Wildman–Crippen LogP) is 7.06. The Hall–Kier alpha value is -4.05. The highest BCUT2D eigenvalue weighted by molar-refractivity contribution is 7.92. The van der Waals surface area contributed by atoms with Crippen molar-refractivity contribution < 1.29 is 22.7 Å². The van der Waals surface area contributed by atoms with Gasteiger partial charge in [-0.3, -0.25) is 13.9 Å². The number of aryl methyl sites for hydroxylation is 1. The van der Waals surface area contributed by atoms with Gasteiger partial charge in [0.1, 0.15) is 18.3 Å². The molecule has 0 fully saturated rings. The summed E-state index contributed by atoms with van der Waals surface area (Å²) < 4.78 is 34.7. The molecule has 8 nitrogen and oxygen atoms in total. The van der Waals surface area contributed by atoms with Crippen molar-refractivity contribution in [2.45, 2.75) is 50.6 Å². The SMILES string of the molecule is CCCCNC(=O)[C@@H](Cc1ccccc1)N(Cc1ccc(Cl)c(Cl)c1)C(=O)CN(c1ccc(OC)cc1)S(=O)(=O)c1ccc(C)cc1. The number of hydrogen-bond donors (Lipinski definition) is 1. The zero-order valence-corrected chi connectivity index (χ0v) is 29.0. The van der Waals surface area contributed by atoms with Crippen LogP contribution in [0.3, 0.4) is 0 Å². The molecule has 47 heavy (non-hydrogen) atoms. The summed E-state index contributed by atoms with van der Waals surface area (Å²) in [5.74, 6) is -0.386. The number of carbonyl (C=O) groups excluding carboxylic acids is 2. The van der Waals surface area contributed by atoms with Crippen LogP contribution in [0, 0.1) is 6.92 Å². The third-order valence-electron chi connectivity index (χ3n) is 7.69. The maximum atomic E-state index is 14.6. The van der Waals surface area contributed by atoms with E-state index in [2.05, 4.69) is 5.32 Å². The molecule has 0 aliphatic carbocycles. The van der Waals surface area contributed by atoms with E-state index in [0.717, 1.165) is 28.3 Å². The molecule has 1 N–H and O–H groups in total. The Bertz CT molecular complexity index is 1750. The molecule has 0 saturated heterocycles. The minimum atomic E-state index is -4.22. The fourth-order valence-electron chi connectivity index (χ4n) is 5.01. The van der Waals surface area contributed by atoms with Crippen LogP contribution in [0.25, 0.3) is 0 Å². The third kappa shape index (κ3) is 9.50. The number of nitrogens with one attached hydrogen (secondary N) is 1. The van der Waals surface area contributed by atoms with Gasteiger partial charge < -0.3 is 15.0 Å². The van der Waals surface area contributed by atoms with Gasteiger partial charge in [-0.15, -0.1) is 0 Å². The van der Waals surface area contributed by atoms with Gasteiger partial charge in [0, 0.05) is 19.5 Å². The van der Waals surface area contributed by atoms with Gasteiger partial charge in [0.05, 0.1) is 27.7 Å². The Labute approximate surface area is 287 Å². The molecule has 0 radical (unpaired) electrons. The maximum absolute atomic E-state index is 14.6. The quantitative estimate of drug-likeness (QED) is 0.134. The molecule has 0 unspecified atom stereocenters. The number of ether oxygens (including phenoxy) is 1. The van der Waals surface area contributed by atoms with Crippen LogP contribution in [0.4, 0.5) is 5.69 Å². The normalized spacial score (nSPS) is 11.9. The Morgan fingerprint density at radius 2 is 1.55 bits per heavy atom. The van der Waals surface area contributed by atoms with E-state index in [-0.39, 0.29) is 29.5 Å². The van der Waals surface area contributed by atoms with Crippen molar-refractivity contribution in [2.75, 3.05) is 24.5 Å². The van der Waals surface area contributed by atoms with Crippen LogP contribution in [0.2, 0.25) is 10.0 Å². The molecule has 0 aliphatic rings. The van der Waals surface area contributed by atoms with Crippen molar-refractivity contribution in [2.24, 2.45) is 0 Å². The summed E-state index contributed by atoms with van der Waals surface area (Å²) in [5.41, 5.74) is 2.63. The van der Waals surface area contributed by atoms with Crippen LogP contribution in [-0.2, 0) is 32.6 Å². The maximum Gasteiger partial charge on any atom is 0.264 e. The van der Waals surface area contributed by atoms with Crippen LogP contribution in [0.5, 0.6) is 5.75 Å². The first-order valence-electron chi connectivity index (χ1n) is 15.3. The smallest absolute Gasteiger partial charge is 0.264 e. The lowest BCUT2D eigenvalue weighted by atomic mass is 10.0. The number of rotatable bonds is 15. The Morgan fingerprint density at radius 3 is 2.17 bits per heavy atom. The van der Waals surface area contributed by atoms with E-state index >= 15 is 0 Å². The predicted molar refractivity (Wildman–Crippen MR) is 188 cm³/mol. The summed E-state index contributed by atoms with van der Waals surface area (Å²) in [5, 5.41) is 3.62. The Morgan fingerprint density at radius 1 is 0.872 bits per heavy atom. The largest absolute Gasteiger partial charge is 0.497 e. The molecule has 11 heteroatoms. The molecule has 2 amide bonds. The number of hydrogen-bond acceptors (Lipinski definition) is 5. The molecule has 4 rings (SSSR count). The zero-order valence-electron chi connectivity index (χ0n) is 26.7. The molecule has 0 aliphatic heterocycles. The van der Waals surface area contributed by atoms with E-state index in [1.165, 1.54) is 24.1 Å². The molecule has 0 bridgehead atoms. The number of sulfonamides is 1. The molecular weight excluding hydrogens is 657 g/mol. The number of nitrogens with zero attached hydrogens (tertiary/aromatic N) is 2. The molecule has 0 spiro atoms. The van der Waals surface area contributed by atoms with E-state index < -0.39 is 28.5 Å². The average molecular weight is 697 g/mol. The van der Waals surface area contributed by atoms with Crippen molar-refractivity contribution in [3.63, 3.8) is 0 Å². The van der Waals surface area contributed by atoms with Gasteiger partial charge in [-0.2, -0.15) is 0 Å². The van der Waals surface area contributed by atoms with Crippen molar-refractivity contribution in [1.82, 2.24) is 10.2 Å². The summed E-state index contributed by atoms with van der Waals surface area (Å²) in [4.78, 5) is 29.9. The first-order chi connectivity index (χ1) is 22.5. The lowest BCUT2D eigenvalue weighted by Gasteiger charge is -2.34. The lowest BCUT2D eigenvalue weighted by Crippen LogP contribution is -2.53. The van der Waals surface area contributed by atoms with Gasteiger partial charge in [0.2, 0.25) is 11.8 Å². The van der Waals surface area contributed by atoms with Gasteiger partial charge in [-0.1, -0.05) is 90.6 Å². The zero-order chi connectivity index (χ0) is 34.0. The number of methoxy groups -OCH3 is 1. The molecule has 0 heterocycles. The first kappa shape index (κ1) is 35.8. The first-order valence-corrected chi connectivity index (χ1v) is 17.5. The van der Waals surface area contributed by atoms with Crippen molar-refractivity contribution in [3.05, 3.63) is 124 Å². The van der Waals surface area contributed by atoms with Crippen LogP contribution in [-0.4, -0.2) is 51.4 Å². The van der Waals surface area contributed by atoms with Crippen LogP contribution in [0.15, 0.2) is 102 Å². The fraction of sp³-hybridized carbons (Fsp3) is 0.278. The van der Waals surface area contributed by atoms with Gasteiger partial charge in [0.25, 0.3) is 10.0 Å². The fourth-order valence-corrected chi connectivity index (χ4v) is 6.74. The summed E-state index contributed by atoms with van der Waals surface area (Å²) in [7, 11) is -2.71. The Kier molecular flexibility index (Phi) is 12.7. The highest BCUT2D eigenvalue weighted by Crippen LogP contribution is 2.28. The molecule has 248 valence electrons. The van der Waals surface area contributed by atoms with Crippen molar-refractivity contribution >= 4 is 50.7 Å². The number of anilines is 1. The number of unbranched alkanes of at least 4 members (excludes halogenated alkanes) is 1. The minimum Gasteiger partial charge on any atom is -0.497 e. The third-order valence-corrected chi connectivity index (χ3v) is 10.2. The second-order valence-electron chi connectivity index (χ2n) is 11.1. The van der Waals surface area contributed by atoms with Crippen LogP contribution < -0.4 is 14.4 Å². The van der Waals surface area contributed by atoms with Crippen molar-refractivity contribution in [1.29, 1.82) is 0 Å². The second kappa shape index (κ2) is 16.7. The molecule has 4 aromatic carbocycles. The van der Waals surface area contributed by atoms with E-state index in [4.69, 9.17) is 27.9 Å². The summed E-state index contributed by atoms with van der Waals surface area (Å²) >= 11 is 12.5. The number of benzene rings is 4. The van der Waals surface area contributed by atoms with E-state index in [1.54, 1.807) is 54.6 Å². The van der Waals surface area contributed by atoms with Gasteiger partial charge in [-0.25, -0.2) is 8.42 Å². The lowest BCUT2D eigenvalue weighted by molar-refractivity contribution is -0.140. The summed E-state index contributed by atoms with van der Waals surface area (Å²) in [6, 6.07) is 26.3. The standard InChI is InChI=1S/C36H39Cl2N3O5S/c1-4-5-21-39-36(43)34(23-27-9-7-6-8-10-27)40(24-28-13-20-32(37)33(38)22-28)35(42)25-41(29-14-16-30(46-3)17-15-29)47(44,45)31-18-11-26(2)12-19-31/h6-20,22,34H,4-5,21,23-25H2,1-3H3,(H,39,43)/t34-/m1/s1. The number of halogens is 2. The highest BCUT2D eigenvalue weighted by atomic mass is 35.5.